The zero-order valence-electron chi connectivity index (χ0n) is 11.0. The molecule has 0 fully saturated rings. The van der Waals surface area contributed by atoms with E-state index < -0.39 is 0 Å². The van der Waals surface area contributed by atoms with Gasteiger partial charge in [0.2, 0.25) is 0 Å². The number of nitrogens with zero attached hydrogens (tertiary/aromatic N) is 3. The van der Waals surface area contributed by atoms with Gasteiger partial charge in [-0.3, -0.25) is 4.79 Å². The highest BCUT2D eigenvalue weighted by molar-refractivity contribution is 6.11. The van der Waals surface area contributed by atoms with Gasteiger partial charge in [0.25, 0.3) is 5.91 Å². The molecule has 3 rings (SSSR count). The number of rotatable bonds is 2. The molecule has 0 saturated heterocycles. The second-order valence-corrected chi connectivity index (χ2v) is 4.44. The molecule has 1 heterocycles. The van der Waals surface area contributed by atoms with Crippen LogP contribution in [0, 0.1) is 0 Å². The monoisotopic (exact) mass is 263 g/mol. The lowest BCUT2D eigenvalue weighted by molar-refractivity contribution is 0.0990. The number of hydrogen-bond acceptors (Lipinski definition) is 3. The fourth-order valence-electron chi connectivity index (χ4n) is 2.10. The summed E-state index contributed by atoms with van der Waals surface area (Å²) in [6.45, 7) is 0. The Labute approximate surface area is 116 Å². The number of para-hydroxylation sites is 2. The van der Waals surface area contributed by atoms with Crippen molar-refractivity contribution in [2.75, 3.05) is 11.9 Å². The average Bonchev–Trinajstić information content (AvgIpc) is 2.54. The summed E-state index contributed by atoms with van der Waals surface area (Å²) in [6, 6.07) is 17.0. The number of benzene rings is 2. The van der Waals surface area contributed by atoms with Crippen LogP contribution in [0.5, 0.6) is 0 Å². The van der Waals surface area contributed by atoms with Gasteiger partial charge >= 0.3 is 0 Å². The summed E-state index contributed by atoms with van der Waals surface area (Å²) in [5.41, 5.74) is 2.02. The van der Waals surface area contributed by atoms with Crippen molar-refractivity contribution in [3.05, 3.63) is 66.6 Å². The van der Waals surface area contributed by atoms with E-state index in [2.05, 4.69) is 9.97 Å². The molecule has 1 aromatic heterocycles. The molecule has 0 unspecified atom stereocenters. The molecule has 3 aromatic rings. The minimum absolute atomic E-state index is 0.144. The fourth-order valence-corrected chi connectivity index (χ4v) is 2.10. The number of carbonyl (C=O) groups excluding carboxylic acids is 1. The van der Waals surface area contributed by atoms with E-state index >= 15 is 0 Å². The van der Waals surface area contributed by atoms with E-state index in [0.29, 0.717) is 5.69 Å². The summed E-state index contributed by atoms with van der Waals surface area (Å²) in [4.78, 5) is 22.5. The highest BCUT2D eigenvalue weighted by Gasteiger charge is 2.17. The van der Waals surface area contributed by atoms with Crippen LogP contribution in [-0.2, 0) is 0 Å². The number of anilines is 1. The summed E-state index contributed by atoms with van der Waals surface area (Å²) in [7, 11) is 1.74. The van der Waals surface area contributed by atoms with Crippen molar-refractivity contribution < 1.29 is 4.79 Å². The van der Waals surface area contributed by atoms with Crippen molar-refractivity contribution in [3.63, 3.8) is 0 Å². The van der Waals surface area contributed by atoms with Crippen LogP contribution in [0.2, 0.25) is 0 Å². The lowest BCUT2D eigenvalue weighted by Crippen LogP contribution is -2.27. The van der Waals surface area contributed by atoms with Gasteiger partial charge in [-0.25, -0.2) is 9.97 Å². The van der Waals surface area contributed by atoms with Crippen LogP contribution in [0.1, 0.15) is 10.5 Å². The van der Waals surface area contributed by atoms with Gasteiger partial charge in [-0.15, -0.1) is 0 Å². The third-order valence-electron chi connectivity index (χ3n) is 3.19. The average molecular weight is 263 g/mol. The first-order chi connectivity index (χ1) is 9.77. The SMILES string of the molecule is CN(C(=O)c1ncnc2ccccc12)c1ccccc1. The van der Waals surface area contributed by atoms with Gasteiger partial charge in [-0.2, -0.15) is 0 Å². The summed E-state index contributed by atoms with van der Waals surface area (Å²) in [5.74, 6) is -0.144. The van der Waals surface area contributed by atoms with Crippen LogP contribution in [0.15, 0.2) is 60.9 Å². The van der Waals surface area contributed by atoms with Crippen LogP contribution >= 0.6 is 0 Å². The van der Waals surface area contributed by atoms with Crippen LogP contribution in [0.3, 0.4) is 0 Å². The molecule has 20 heavy (non-hydrogen) atoms. The molecule has 0 aliphatic carbocycles. The molecule has 1 amide bonds. The molecule has 0 spiro atoms. The Bertz CT molecular complexity index is 751. The van der Waals surface area contributed by atoms with Gasteiger partial charge < -0.3 is 4.90 Å². The molecule has 4 heteroatoms. The van der Waals surface area contributed by atoms with Crippen LogP contribution in [0.25, 0.3) is 10.9 Å². The van der Waals surface area contributed by atoms with Crippen molar-refractivity contribution in [2.24, 2.45) is 0 Å². The molecule has 0 N–H and O–H groups in total. The van der Waals surface area contributed by atoms with Gasteiger partial charge in [0.15, 0.2) is 0 Å². The molecule has 0 saturated carbocycles. The molecule has 0 atom stereocenters. The van der Waals surface area contributed by atoms with Crippen molar-refractivity contribution in [3.8, 4) is 0 Å². The van der Waals surface area contributed by atoms with E-state index in [1.165, 1.54) is 6.33 Å². The normalized spacial score (nSPS) is 10.4. The third-order valence-corrected chi connectivity index (χ3v) is 3.19. The molecule has 0 bridgehead atoms. The Morgan fingerprint density at radius 1 is 0.950 bits per heavy atom. The largest absolute Gasteiger partial charge is 0.310 e. The predicted molar refractivity (Wildman–Crippen MR) is 78.7 cm³/mol. The Kier molecular flexibility index (Phi) is 3.13. The van der Waals surface area contributed by atoms with E-state index in [1.54, 1.807) is 11.9 Å². The van der Waals surface area contributed by atoms with E-state index in [0.717, 1.165) is 16.6 Å². The maximum absolute atomic E-state index is 12.6. The number of aromatic nitrogens is 2. The maximum atomic E-state index is 12.6. The second-order valence-electron chi connectivity index (χ2n) is 4.44. The Morgan fingerprint density at radius 2 is 1.65 bits per heavy atom. The zero-order chi connectivity index (χ0) is 13.9. The highest BCUT2D eigenvalue weighted by atomic mass is 16.2. The quantitative estimate of drug-likeness (QED) is 0.714. The maximum Gasteiger partial charge on any atom is 0.277 e. The standard InChI is InChI=1S/C16H13N3O/c1-19(12-7-3-2-4-8-12)16(20)15-13-9-5-6-10-14(13)17-11-18-15/h2-11H,1H3. The van der Waals surface area contributed by atoms with E-state index in [4.69, 9.17) is 0 Å². The molecule has 0 radical (unpaired) electrons. The van der Waals surface area contributed by atoms with E-state index in [9.17, 15) is 4.79 Å². The van der Waals surface area contributed by atoms with Crippen LogP contribution < -0.4 is 4.90 Å². The first-order valence-electron chi connectivity index (χ1n) is 6.30. The van der Waals surface area contributed by atoms with Gasteiger partial charge in [0, 0.05) is 18.1 Å². The van der Waals surface area contributed by atoms with Crippen LogP contribution in [0.4, 0.5) is 5.69 Å². The summed E-state index contributed by atoms with van der Waals surface area (Å²) < 4.78 is 0. The molecule has 98 valence electrons. The predicted octanol–water partition coefficient (Wildman–Crippen LogP) is 2.91. The Morgan fingerprint density at radius 3 is 2.45 bits per heavy atom. The van der Waals surface area contributed by atoms with Gasteiger partial charge in [0.1, 0.15) is 12.0 Å². The van der Waals surface area contributed by atoms with Gasteiger partial charge in [-0.1, -0.05) is 36.4 Å². The lowest BCUT2D eigenvalue weighted by atomic mass is 10.1. The molecular weight excluding hydrogens is 250 g/mol. The second kappa shape index (κ2) is 5.09. The van der Waals surface area contributed by atoms with Crippen molar-refractivity contribution in [1.82, 2.24) is 9.97 Å². The highest BCUT2D eigenvalue weighted by Crippen LogP contribution is 2.19. The van der Waals surface area contributed by atoms with Crippen molar-refractivity contribution in [1.29, 1.82) is 0 Å². The minimum atomic E-state index is -0.144. The summed E-state index contributed by atoms with van der Waals surface area (Å²) >= 11 is 0. The number of fused-ring (bicyclic) bond motifs is 1. The van der Waals surface area contributed by atoms with E-state index in [1.807, 2.05) is 54.6 Å². The van der Waals surface area contributed by atoms with E-state index in [-0.39, 0.29) is 5.91 Å². The number of amides is 1. The number of carbonyl (C=O) groups is 1. The topological polar surface area (TPSA) is 46.1 Å². The smallest absolute Gasteiger partial charge is 0.277 e. The molecule has 2 aromatic carbocycles. The molecular formula is C16H13N3O. The Balaban J connectivity index is 2.05. The first kappa shape index (κ1) is 12.3. The first-order valence-corrected chi connectivity index (χ1v) is 6.30. The summed E-state index contributed by atoms with van der Waals surface area (Å²) in [5, 5.41) is 0.766. The lowest BCUT2D eigenvalue weighted by Gasteiger charge is -2.17. The summed E-state index contributed by atoms with van der Waals surface area (Å²) in [6.07, 6.45) is 1.42. The molecule has 0 aliphatic heterocycles. The number of hydrogen-bond donors (Lipinski definition) is 0. The van der Waals surface area contributed by atoms with Crippen molar-refractivity contribution >= 4 is 22.5 Å². The molecule has 0 aliphatic rings. The van der Waals surface area contributed by atoms with Gasteiger partial charge in [0.05, 0.1) is 5.52 Å². The fraction of sp³-hybridized carbons (Fsp3) is 0.0625. The Hall–Kier alpha value is -2.75. The molecule has 4 nitrogen and oxygen atoms in total. The zero-order valence-corrected chi connectivity index (χ0v) is 11.0. The van der Waals surface area contributed by atoms with Crippen molar-refractivity contribution in [2.45, 2.75) is 0 Å². The third kappa shape index (κ3) is 2.12. The van der Waals surface area contributed by atoms with Gasteiger partial charge in [-0.05, 0) is 18.2 Å². The van der Waals surface area contributed by atoms with Crippen LogP contribution in [-0.4, -0.2) is 22.9 Å². The minimum Gasteiger partial charge on any atom is -0.310 e.